The van der Waals surface area contributed by atoms with Crippen LogP contribution in [0.3, 0.4) is 0 Å². The van der Waals surface area contributed by atoms with Crippen molar-refractivity contribution in [1.29, 1.82) is 0 Å². The minimum absolute atomic E-state index is 0.0918. The van der Waals surface area contributed by atoms with E-state index >= 15 is 0 Å². The van der Waals surface area contributed by atoms with Crippen molar-refractivity contribution in [2.24, 2.45) is 0 Å². The Balaban J connectivity index is 3.76. The predicted octanol–water partition coefficient (Wildman–Crippen LogP) is -0.944. The summed E-state index contributed by atoms with van der Waals surface area (Å²) in [4.78, 5) is 33.1. The standard InChI is InChI=1S/C8H14N2O4/c1-6(11)9-5-7(12)10(2)4-3-8(13)14/h3-5H2,1-2H3,(H,9,11)(H,13,14). The van der Waals surface area contributed by atoms with Crippen LogP contribution in [0.5, 0.6) is 0 Å². The topological polar surface area (TPSA) is 86.7 Å². The number of amides is 2. The highest BCUT2D eigenvalue weighted by Crippen LogP contribution is 1.88. The minimum Gasteiger partial charge on any atom is -0.481 e. The van der Waals surface area contributed by atoms with E-state index in [0.717, 1.165) is 0 Å². The molecule has 0 unspecified atom stereocenters. The second-order valence-corrected chi connectivity index (χ2v) is 2.87. The summed E-state index contributed by atoms with van der Waals surface area (Å²) < 4.78 is 0. The van der Waals surface area contributed by atoms with Crippen LogP contribution in [0.25, 0.3) is 0 Å². The summed E-state index contributed by atoms with van der Waals surface area (Å²) in [6.07, 6.45) is -0.0949. The Morgan fingerprint density at radius 1 is 1.36 bits per heavy atom. The fraction of sp³-hybridized carbons (Fsp3) is 0.625. The third kappa shape index (κ3) is 5.99. The Hall–Kier alpha value is -1.59. The van der Waals surface area contributed by atoms with Crippen molar-refractivity contribution in [3.63, 3.8) is 0 Å². The molecule has 14 heavy (non-hydrogen) atoms. The van der Waals surface area contributed by atoms with Crippen molar-refractivity contribution < 1.29 is 19.5 Å². The van der Waals surface area contributed by atoms with Crippen LogP contribution in [0.15, 0.2) is 0 Å². The van der Waals surface area contributed by atoms with Gasteiger partial charge in [-0.25, -0.2) is 0 Å². The molecule has 0 aliphatic rings. The molecule has 6 heteroatoms. The van der Waals surface area contributed by atoms with E-state index in [4.69, 9.17) is 5.11 Å². The fourth-order valence-corrected chi connectivity index (χ4v) is 0.723. The summed E-state index contributed by atoms with van der Waals surface area (Å²) in [5, 5.41) is 10.7. The smallest absolute Gasteiger partial charge is 0.305 e. The van der Waals surface area contributed by atoms with E-state index in [9.17, 15) is 14.4 Å². The third-order valence-electron chi connectivity index (χ3n) is 1.58. The summed E-state index contributed by atoms with van der Waals surface area (Å²) in [5.41, 5.74) is 0. The fourth-order valence-electron chi connectivity index (χ4n) is 0.723. The molecular weight excluding hydrogens is 188 g/mol. The summed E-state index contributed by atoms with van der Waals surface area (Å²) in [7, 11) is 1.49. The number of nitrogens with one attached hydrogen (secondary N) is 1. The first-order chi connectivity index (χ1) is 6.43. The predicted molar refractivity (Wildman–Crippen MR) is 48.6 cm³/mol. The largest absolute Gasteiger partial charge is 0.481 e. The number of carboxylic acids is 1. The molecule has 0 aliphatic heterocycles. The average Bonchev–Trinajstić information content (AvgIpc) is 2.09. The monoisotopic (exact) mass is 202 g/mol. The average molecular weight is 202 g/mol. The molecule has 2 amide bonds. The van der Waals surface area contributed by atoms with E-state index in [-0.39, 0.29) is 31.3 Å². The van der Waals surface area contributed by atoms with E-state index in [1.807, 2.05) is 0 Å². The van der Waals surface area contributed by atoms with Crippen LogP contribution in [0.2, 0.25) is 0 Å². The normalized spacial score (nSPS) is 9.29. The van der Waals surface area contributed by atoms with Gasteiger partial charge in [0.1, 0.15) is 0 Å². The molecule has 0 rings (SSSR count). The zero-order valence-electron chi connectivity index (χ0n) is 8.24. The first-order valence-electron chi connectivity index (χ1n) is 4.13. The van der Waals surface area contributed by atoms with Crippen molar-refractivity contribution in [3.05, 3.63) is 0 Å². The molecule has 0 bridgehead atoms. The van der Waals surface area contributed by atoms with Crippen molar-refractivity contribution in [2.75, 3.05) is 20.1 Å². The molecule has 0 aliphatic carbocycles. The summed E-state index contributed by atoms with van der Waals surface area (Å²) in [6.45, 7) is 1.36. The summed E-state index contributed by atoms with van der Waals surface area (Å²) in [5.74, 6) is -1.55. The number of likely N-dealkylation sites (N-methyl/N-ethyl adjacent to an activating group) is 1. The molecule has 0 fully saturated rings. The number of hydrogen-bond donors (Lipinski definition) is 2. The summed E-state index contributed by atoms with van der Waals surface area (Å²) >= 11 is 0. The number of carbonyl (C=O) groups is 3. The van der Waals surface area contributed by atoms with Crippen molar-refractivity contribution in [3.8, 4) is 0 Å². The first-order valence-corrected chi connectivity index (χ1v) is 4.13. The maximum atomic E-state index is 11.2. The molecule has 0 heterocycles. The number of hydrogen-bond acceptors (Lipinski definition) is 3. The van der Waals surface area contributed by atoms with Crippen LogP contribution in [-0.2, 0) is 14.4 Å². The lowest BCUT2D eigenvalue weighted by Crippen LogP contribution is -2.38. The van der Waals surface area contributed by atoms with E-state index < -0.39 is 5.97 Å². The number of carboxylic acid groups (broad SMARTS) is 1. The van der Waals surface area contributed by atoms with E-state index in [1.54, 1.807) is 0 Å². The van der Waals surface area contributed by atoms with Crippen molar-refractivity contribution >= 4 is 17.8 Å². The molecule has 2 N–H and O–H groups in total. The highest BCUT2D eigenvalue weighted by Gasteiger charge is 2.09. The van der Waals surface area contributed by atoms with Crippen LogP contribution in [0.4, 0.5) is 0 Å². The van der Waals surface area contributed by atoms with Crippen LogP contribution in [0.1, 0.15) is 13.3 Å². The van der Waals surface area contributed by atoms with Gasteiger partial charge in [-0.2, -0.15) is 0 Å². The lowest BCUT2D eigenvalue weighted by Gasteiger charge is -2.15. The molecule has 0 aromatic carbocycles. The number of rotatable bonds is 5. The molecule has 0 aromatic heterocycles. The summed E-state index contributed by atoms with van der Waals surface area (Å²) in [6, 6.07) is 0. The minimum atomic E-state index is -0.954. The number of carbonyl (C=O) groups excluding carboxylic acids is 2. The molecule has 0 saturated heterocycles. The second kappa shape index (κ2) is 5.95. The highest BCUT2D eigenvalue weighted by molar-refractivity contribution is 5.83. The Bertz CT molecular complexity index is 239. The maximum Gasteiger partial charge on any atom is 0.305 e. The SMILES string of the molecule is CC(=O)NCC(=O)N(C)CCC(=O)O. The number of aliphatic carboxylic acids is 1. The Morgan fingerprint density at radius 2 is 1.93 bits per heavy atom. The van der Waals surface area contributed by atoms with Crippen LogP contribution in [0, 0.1) is 0 Å². The van der Waals surface area contributed by atoms with E-state index in [0.29, 0.717) is 0 Å². The van der Waals surface area contributed by atoms with Crippen LogP contribution < -0.4 is 5.32 Å². The quantitative estimate of drug-likeness (QED) is 0.602. The van der Waals surface area contributed by atoms with Crippen molar-refractivity contribution in [1.82, 2.24) is 10.2 Å². The Morgan fingerprint density at radius 3 is 2.36 bits per heavy atom. The van der Waals surface area contributed by atoms with Gasteiger partial charge >= 0.3 is 5.97 Å². The van der Waals surface area contributed by atoms with E-state index in [2.05, 4.69) is 5.32 Å². The van der Waals surface area contributed by atoms with Gasteiger partial charge in [-0.3, -0.25) is 14.4 Å². The van der Waals surface area contributed by atoms with E-state index in [1.165, 1.54) is 18.9 Å². The molecule has 0 spiro atoms. The van der Waals surface area contributed by atoms with Gasteiger partial charge in [-0.15, -0.1) is 0 Å². The van der Waals surface area contributed by atoms with Gasteiger partial charge in [-0.1, -0.05) is 0 Å². The maximum absolute atomic E-state index is 11.2. The first kappa shape index (κ1) is 12.4. The molecule has 0 saturated carbocycles. The lowest BCUT2D eigenvalue weighted by atomic mass is 10.4. The number of nitrogens with zero attached hydrogens (tertiary/aromatic N) is 1. The van der Waals surface area contributed by atoms with Gasteiger partial charge in [0.15, 0.2) is 0 Å². The lowest BCUT2D eigenvalue weighted by molar-refractivity contribution is -0.138. The van der Waals surface area contributed by atoms with Gasteiger partial charge in [0, 0.05) is 20.5 Å². The Labute approximate surface area is 81.9 Å². The zero-order valence-corrected chi connectivity index (χ0v) is 8.24. The molecule has 80 valence electrons. The molecule has 0 atom stereocenters. The molecular formula is C8H14N2O4. The van der Waals surface area contributed by atoms with Gasteiger partial charge in [0.25, 0.3) is 0 Å². The molecule has 0 radical (unpaired) electrons. The van der Waals surface area contributed by atoms with Gasteiger partial charge in [-0.05, 0) is 0 Å². The second-order valence-electron chi connectivity index (χ2n) is 2.87. The van der Waals surface area contributed by atoms with Gasteiger partial charge in [0.05, 0.1) is 13.0 Å². The zero-order chi connectivity index (χ0) is 11.1. The van der Waals surface area contributed by atoms with Gasteiger partial charge < -0.3 is 15.3 Å². The van der Waals surface area contributed by atoms with Crippen LogP contribution in [-0.4, -0.2) is 47.9 Å². The van der Waals surface area contributed by atoms with Gasteiger partial charge in [0.2, 0.25) is 11.8 Å². The Kier molecular flexibility index (Phi) is 5.28. The van der Waals surface area contributed by atoms with Crippen LogP contribution >= 0.6 is 0 Å². The van der Waals surface area contributed by atoms with Crippen molar-refractivity contribution in [2.45, 2.75) is 13.3 Å². The third-order valence-corrected chi connectivity index (χ3v) is 1.58. The molecule has 6 nitrogen and oxygen atoms in total. The highest BCUT2D eigenvalue weighted by atomic mass is 16.4. The molecule has 0 aromatic rings.